The van der Waals surface area contributed by atoms with Gasteiger partial charge in [0.1, 0.15) is 16.6 Å². The van der Waals surface area contributed by atoms with Gasteiger partial charge in [0.2, 0.25) is 5.75 Å². The molecule has 1 amide bonds. The second-order valence-electron chi connectivity index (χ2n) is 6.88. The fourth-order valence-electron chi connectivity index (χ4n) is 3.40. The van der Waals surface area contributed by atoms with E-state index in [0.717, 1.165) is 41.8 Å². The van der Waals surface area contributed by atoms with Gasteiger partial charge in [-0.3, -0.25) is 14.9 Å². The van der Waals surface area contributed by atoms with Gasteiger partial charge in [0, 0.05) is 21.0 Å². The molecule has 0 unspecified atom stereocenters. The van der Waals surface area contributed by atoms with Gasteiger partial charge in [0.15, 0.2) is 0 Å². The Hall–Kier alpha value is -3.23. The molecule has 0 spiro atoms. The number of phenols is 1. The third-order valence-electron chi connectivity index (χ3n) is 4.82. The maximum atomic E-state index is 12.8. The van der Waals surface area contributed by atoms with E-state index in [9.17, 15) is 30.1 Å². The van der Waals surface area contributed by atoms with Crippen LogP contribution in [0.4, 0.5) is 10.7 Å². The van der Waals surface area contributed by atoms with Crippen LogP contribution in [-0.2, 0) is 22.4 Å². The van der Waals surface area contributed by atoms with Crippen molar-refractivity contribution in [2.45, 2.75) is 32.6 Å². The summed E-state index contributed by atoms with van der Waals surface area (Å²) in [6.45, 7) is 1.87. The van der Waals surface area contributed by atoms with Crippen molar-refractivity contribution in [1.29, 1.82) is 5.26 Å². The second kappa shape index (κ2) is 9.93. The first-order chi connectivity index (χ1) is 15.3. The van der Waals surface area contributed by atoms with Crippen LogP contribution in [0.5, 0.6) is 5.75 Å². The van der Waals surface area contributed by atoms with Gasteiger partial charge in [0.05, 0.1) is 17.1 Å². The van der Waals surface area contributed by atoms with E-state index in [2.05, 4.69) is 21.2 Å². The van der Waals surface area contributed by atoms with Crippen molar-refractivity contribution in [2.75, 3.05) is 11.9 Å². The molecule has 0 fully saturated rings. The van der Waals surface area contributed by atoms with Crippen LogP contribution in [0.3, 0.4) is 0 Å². The summed E-state index contributed by atoms with van der Waals surface area (Å²) in [5.74, 6) is -2.01. The average Bonchev–Trinajstić information content (AvgIpc) is 3.11. The van der Waals surface area contributed by atoms with E-state index in [1.807, 2.05) is 0 Å². The molecule has 0 aliphatic heterocycles. The van der Waals surface area contributed by atoms with E-state index < -0.39 is 33.8 Å². The minimum absolute atomic E-state index is 0.0751. The summed E-state index contributed by atoms with van der Waals surface area (Å²) in [6, 6.07) is 4.20. The summed E-state index contributed by atoms with van der Waals surface area (Å²) in [6.07, 6.45) is 4.45. The van der Waals surface area contributed by atoms with Crippen LogP contribution in [0.2, 0.25) is 0 Å². The number of aromatic hydroxyl groups is 1. The predicted molar refractivity (Wildman–Crippen MR) is 122 cm³/mol. The number of nitriles is 1. The lowest BCUT2D eigenvalue weighted by Gasteiger charge is -2.12. The Labute approximate surface area is 195 Å². The molecule has 1 aromatic carbocycles. The van der Waals surface area contributed by atoms with Gasteiger partial charge in [-0.25, -0.2) is 4.79 Å². The van der Waals surface area contributed by atoms with Crippen molar-refractivity contribution in [3.05, 3.63) is 53.9 Å². The van der Waals surface area contributed by atoms with E-state index in [4.69, 9.17) is 4.74 Å². The van der Waals surface area contributed by atoms with Crippen molar-refractivity contribution in [3.8, 4) is 11.8 Å². The number of hydrogen-bond donors (Lipinski definition) is 2. The third-order valence-corrected chi connectivity index (χ3v) is 6.49. The highest BCUT2D eigenvalue weighted by Gasteiger charge is 2.28. The quantitative estimate of drug-likeness (QED) is 0.184. The lowest BCUT2D eigenvalue weighted by atomic mass is 9.95. The molecule has 2 aromatic rings. The molecule has 1 aromatic heterocycles. The zero-order valence-corrected chi connectivity index (χ0v) is 19.3. The number of anilines is 1. The van der Waals surface area contributed by atoms with Crippen LogP contribution >= 0.6 is 27.3 Å². The highest BCUT2D eigenvalue weighted by molar-refractivity contribution is 9.10. The van der Waals surface area contributed by atoms with Gasteiger partial charge in [-0.05, 0) is 50.3 Å². The first-order valence-electron chi connectivity index (χ1n) is 9.68. The third kappa shape index (κ3) is 4.81. The van der Waals surface area contributed by atoms with Gasteiger partial charge < -0.3 is 15.2 Å². The lowest BCUT2D eigenvalue weighted by Crippen LogP contribution is -2.16. The Morgan fingerprint density at radius 2 is 2.12 bits per heavy atom. The molecule has 0 bridgehead atoms. The van der Waals surface area contributed by atoms with Crippen molar-refractivity contribution < 1.29 is 24.4 Å². The molecule has 32 heavy (non-hydrogen) atoms. The number of hydrogen-bond acceptors (Lipinski definition) is 8. The summed E-state index contributed by atoms with van der Waals surface area (Å²) in [4.78, 5) is 36.7. The van der Waals surface area contributed by atoms with Crippen molar-refractivity contribution in [2.24, 2.45) is 0 Å². The van der Waals surface area contributed by atoms with Crippen LogP contribution in [0.25, 0.3) is 6.08 Å². The van der Waals surface area contributed by atoms with Crippen LogP contribution < -0.4 is 5.32 Å². The maximum Gasteiger partial charge on any atom is 0.341 e. The first kappa shape index (κ1) is 23.4. The Morgan fingerprint density at radius 3 is 2.78 bits per heavy atom. The number of aryl methyl sites for hydroxylation is 1. The van der Waals surface area contributed by atoms with E-state index in [1.54, 1.807) is 13.0 Å². The summed E-state index contributed by atoms with van der Waals surface area (Å²) in [7, 11) is 0. The summed E-state index contributed by atoms with van der Waals surface area (Å²) >= 11 is 4.39. The maximum absolute atomic E-state index is 12.8. The smallest absolute Gasteiger partial charge is 0.341 e. The molecule has 9 nitrogen and oxygen atoms in total. The Balaban J connectivity index is 1.98. The molecule has 0 radical (unpaired) electrons. The SMILES string of the molecule is CCOC(=O)c1c(NC(=O)/C(C#N)=C/c2cc(Br)cc([N+](=O)[O-])c2O)sc2c1CCCC2. The number of carbonyl (C=O) groups is 2. The number of nitro benzene ring substituents is 1. The Kier molecular flexibility index (Phi) is 7.27. The summed E-state index contributed by atoms with van der Waals surface area (Å²) in [5.41, 5.74) is 0.123. The van der Waals surface area contributed by atoms with E-state index in [-0.39, 0.29) is 12.2 Å². The number of nitro groups is 1. The molecule has 1 aliphatic carbocycles. The number of nitrogens with one attached hydrogen (secondary N) is 1. The first-order valence-corrected chi connectivity index (χ1v) is 11.3. The van der Waals surface area contributed by atoms with Gasteiger partial charge in [-0.1, -0.05) is 15.9 Å². The molecule has 2 N–H and O–H groups in total. The van der Waals surface area contributed by atoms with E-state index in [1.165, 1.54) is 17.4 Å². The van der Waals surface area contributed by atoms with Crippen LogP contribution in [0, 0.1) is 21.4 Å². The lowest BCUT2D eigenvalue weighted by molar-refractivity contribution is -0.385. The molecule has 11 heteroatoms. The fraction of sp³-hybridized carbons (Fsp3) is 0.286. The van der Waals surface area contributed by atoms with Crippen LogP contribution in [0.1, 0.15) is 46.1 Å². The molecular weight excluding hydrogens is 502 g/mol. The number of thiophene rings is 1. The van der Waals surface area contributed by atoms with Gasteiger partial charge in [-0.2, -0.15) is 5.26 Å². The fourth-order valence-corrected chi connectivity index (χ4v) is 5.14. The van der Waals surface area contributed by atoms with E-state index in [0.29, 0.717) is 21.5 Å². The minimum Gasteiger partial charge on any atom is -0.502 e. The molecule has 1 heterocycles. The highest BCUT2D eigenvalue weighted by atomic mass is 79.9. The summed E-state index contributed by atoms with van der Waals surface area (Å²) in [5, 5.41) is 33.7. The Bertz CT molecular complexity index is 1180. The highest BCUT2D eigenvalue weighted by Crippen LogP contribution is 2.39. The van der Waals surface area contributed by atoms with Gasteiger partial charge >= 0.3 is 11.7 Å². The second-order valence-corrected chi connectivity index (χ2v) is 8.90. The molecule has 3 rings (SSSR count). The number of halogens is 1. The van der Waals surface area contributed by atoms with Crippen LogP contribution in [-0.4, -0.2) is 28.5 Å². The number of fused-ring (bicyclic) bond motifs is 1. The van der Waals surface area contributed by atoms with Gasteiger partial charge in [0.25, 0.3) is 5.91 Å². The number of amides is 1. The number of ether oxygens (including phenoxy) is 1. The Morgan fingerprint density at radius 1 is 1.41 bits per heavy atom. The molecule has 0 saturated heterocycles. The predicted octanol–water partition coefficient (Wildman–Crippen LogP) is 4.73. The normalized spacial score (nSPS) is 13.1. The van der Waals surface area contributed by atoms with Crippen molar-refractivity contribution >= 4 is 55.9 Å². The molecule has 1 aliphatic rings. The van der Waals surface area contributed by atoms with Gasteiger partial charge in [-0.15, -0.1) is 11.3 Å². The number of phenolic OH excluding ortho intramolecular Hbond substituents is 1. The average molecular weight is 520 g/mol. The monoisotopic (exact) mass is 519 g/mol. The number of benzene rings is 1. The molecule has 166 valence electrons. The van der Waals surface area contributed by atoms with Crippen molar-refractivity contribution in [3.63, 3.8) is 0 Å². The molecular formula is C21H18BrN3O6S. The summed E-state index contributed by atoms with van der Waals surface area (Å²) < 4.78 is 5.45. The largest absolute Gasteiger partial charge is 0.502 e. The zero-order chi connectivity index (χ0) is 23.4. The molecule has 0 atom stereocenters. The minimum atomic E-state index is -0.807. The van der Waals surface area contributed by atoms with E-state index >= 15 is 0 Å². The number of nitrogens with zero attached hydrogens (tertiary/aromatic N) is 2. The standard InChI is InChI=1S/C21H18BrN3O6S/c1-2-31-21(28)17-14-5-3-4-6-16(14)32-20(17)24-19(27)12(10-23)7-11-8-13(22)9-15(18(11)26)25(29)30/h7-9,26H,2-6H2,1H3,(H,24,27)/b12-7+. The number of carbonyl (C=O) groups excluding carboxylic acids is 2. The molecule has 0 saturated carbocycles. The number of rotatable bonds is 6. The van der Waals surface area contributed by atoms with Crippen molar-refractivity contribution in [1.82, 2.24) is 0 Å². The van der Waals surface area contributed by atoms with Crippen LogP contribution in [0.15, 0.2) is 22.2 Å². The topological polar surface area (TPSA) is 143 Å². The number of esters is 1. The zero-order valence-electron chi connectivity index (χ0n) is 16.9.